The number of hydrogen-bond acceptors (Lipinski definition) is 8. The average molecular weight is 615 g/mol. The van der Waals surface area contributed by atoms with Gasteiger partial charge in [-0.05, 0) is 49.1 Å². The molecule has 0 aliphatic carbocycles. The van der Waals surface area contributed by atoms with Crippen LogP contribution in [-0.2, 0) is 34.2 Å². The molecule has 3 aromatic rings. The van der Waals surface area contributed by atoms with Crippen molar-refractivity contribution in [1.29, 1.82) is 5.26 Å². The highest BCUT2D eigenvalue weighted by Gasteiger charge is 2.54. The van der Waals surface area contributed by atoms with E-state index in [2.05, 4.69) is 24.3 Å². The number of ether oxygens (including phenoxy) is 3. The van der Waals surface area contributed by atoms with E-state index in [1.54, 1.807) is 38.1 Å². The molecule has 0 fully saturated rings. The summed E-state index contributed by atoms with van der Waals surface area (Å²) in [6.45, 7) is 3.30. The maximum Gasteiger partial charge on any atom is 0.339 e. The van der Waals surface area contributed by atoms with Gasteiger partial charge in [0.05, 0.1) is 48.7 Å². The van der Waals surface area contributed by atoms with Gasteiger partial charge in [0.2, 0.25) is 0 Å². The third-order valence-corrected chi connectivity index (χ3v) is 7.89. The number of halogens is 1. The summed E-state index contributed by atoms with van der Waals surface area (Å²) in [5, 5.41) is 10.8. The lowest BCUT2D eigenvalue weighted by Gasteiger charge is -2.43. The van der Waals surface area contributed by atoms with Crippen molar-refractivity contribution in [2.24, 2.45) is 0 Å². The van der Waals surface area contributed by atoms with Crippen LogP contribution in [0.3, 0.4) is 0 Å². The smallest absolute Gasteiger partial charge is 0.339 e. The molecule has 4 rings (SSSR count). The van der Waals surface area contributed by atoms with Crippen LogP contribution in [0, 0.1) is 11.3 Å². The Labute approximate surface area is 263 Å². The predicted molar refractivity (Wildman–Crippen MR) is 166 cm³/mol. The minimum absolute atomic E-state index is 0.00301. The van der Waals surface area contributed by atoms with Gasteiger partial charge in [-0.1, -0.05) is 84.4 Å². The van der Waals surface area contributed by atoms with Crippen LogP contribution in [0.15, 0.2) is 107 Å². The molecule has 0 amide bonds. The molecule has 1 aliphatic rings. The highest BCUT2D eigenvalue weighted by molar-refractivity contribution is 6.30. The Hall–Kier alpha value is -4.42. The first-order valence-electron chi connectivity index (χ1n) is 14.2. The zero-order chi connectivity index (χ0) is 31.7. The third kappa shape index (κ3) is 6.56. The average Bonchev–Trinajstić information content (AvgIpc) is 3.03. The Morgan fingerprint density at radius 2 is 1.39 bits per heavy atom. The predicted octanol–water partition coefficient (Wildman–Crippen LogP) is 6.83. The molecule has 0 spiro atoms. The van der Waals surface area contributed by atoms with Crippen LogP contribution in [-0.4, -0.2) is 44.4 Å². The Balaban J connectivity index is 1.75. The maximum atomic E-state index is 14.2. The molecule has 0 radical (unpaired) electrons. The van der Waals surface area contributed by atoms with Gasteiger partial charge in [-0.2, -0.15) is 5.26 Å². The molecule has 1 aliphatic heterocycles. The van der Waals surface area contributed by atoms with Crippen molar-refractivity contribution in [1.82, 2.24) is 5.06 Å². The quantitative estimate of drug-likeness (QED) is 0.162. The number of carbonyl (C=O) groups is 2. The Morgan fingerprint density at radius 1 is 0.841 bits per heavy atom. The van der Waals surface area contributed by atoms with Gasteiger partial charge in [0.25, 0.3) is 0 Å². The number of esters is 2. The van der Waals surface area contributed by atoms with Gasteiger partial charge in [0, 0.05) is 18.1 Å². The number of nitriles is 1. The summed E-state index contributed by atoms with van der Waals surface area (Å²) in [5.74, 6) is -1.48. The van der Waals surface area contributed by atoms with E-state index in [9.17, 15) is 9.59 Å². The van der Waals surface area contributed by atoms with Crippen LogP contribution >= 0.6 is 11.6 Å². The SMILES string of the molecule is CON1C(C)=C(C(=O)OCCC#N)C(OC)(c2cccc(Cl)c2)C(C(=O)OCCC(c2ccccc2)c2ccccc2)=C1C. The van der Waals surface area contributed by atoms with Crippen molar-refractivity contribution < 1.29 is 28.6 Å². The molecule has 8 nitrogen and oxygen atoms in total. The molecule has 1 atom stereocenters. The highest BCUT2D eigenvalue weighted by Crippen LogP contribution is 2.49. The molecule has 0 bridgehead atoms. The summed E-state index contributed by atoms with van der Waals surface area (Å²) in [6.07, 6.45) is 0.506. The molecule has 0 saturated carbocycles. The van der Waals surface area contributed by atoms with Gasteiger partial charge in [0.1, 0.15) is 6.61 Å². The van der Waals surface area contributed by atoms with E-state index >= 15 is 0 Å². The second-order valence-electron chi connectivity index (χ2n) is 10.1. The summed E-state index contributed by atoms with van der Waals surface area (Å²) in [4.78, 5) is 33.5. The van der Waals surface area contributed by atoms with E-state index in [1.807, 2.05) is 42.5 Å². The van der Waals surface area contributed by atoms with Gasteiger partial charge < -0.3 is 14.2 Å². The molecule has 0 saturated heterocycles. The van der Waals surface area contributed by atoms with Crippen molar-refractivity contribution in [2.75, 3.05) is 27.4 Å². The summed E-state index contributed by atoms with van der Waals surface area (Å²) in [6, 6.07) is 28.8. The number of methoxy groups -OCH3 is 1. The normalized spacial score (nSPS) is 16.6. The van der Waals surface area contributed by atoms with Crippen LogP contribution in [0.2, 0.25) is 5.02 Å². The van der Waals surface area contributed by atoms with Crippen LogP contribution in [0.25, 0.3) is 0 Å². The van der Waals surface area contributed by atoms with E-state index < -0.39 is 17.5 Å². The standard InChI is InChI=1S/C35H35ClN2O6/c1-24-31(33(39)43-21-12-20-37)35(41-3,28-17-11-18-29(36)23-28)32(25(2)38(24)42-4)34(40)44-22-19-30(26-13-7-5-8-14-26)27-15-9-6-10-16-27/h5-11,13-18,23,30H,12,19,21-22H2,1-4H3. The summed E-state index contributed by atoms with van der Waals surface area (Å²) >= 11 is 6.41. The second-order valence-corrected chi connectivity index (χ2v) is 10.6. The minimum atomic E-state index is -1.76. The van der Waals surface area contributed by atoms with Gasteiger partial charge in [-0.3, -0.25) is 4.84 Å². The van der Waals surface area contributed by atoms with Crippen LogP contribution < -0.4 is 0 Å². The van der Waals surface area contributed by atoms with Crippen molar-refractivity contribution >= 4 is 23.5 Å². The van der Waals surface area contributed by atoms with Crippen LogP contribution in [0.4, 0.5) is 0 Å². The molecular formula is C35H35ClN2O6. The first-order valence-corrected chi connectivity index (χ1v) is 14.6. The largest absolute Gasteiger partial charge is 0.462 e. The monoisotopic (exact) mass is 614 g/mol. The molecule has 228 valence electrons. The van der Waals surface area contributed by atoms with Crippen molar-refractivity contribution in [2.45, 2.75) is 38.2 Å². The van der Waals surface area contributed by atoms with Crippen molar-refractivity contribution in [3.05, 3.63) is 129 Å². The van der Waals surface area contributed by atoms with Gasteiger partial charge in [-0.25, -0.2) is 14.7 Å². The fraction of sp³-hybridized carbons (Fsp3) is 0.286. The summed E-state index contributed by atoms with van der Waals surface area (Å²) in [5.41, 5.74) is 1.62. The fourth-order valence-electron chi connectivity index (χ4n) is 5.76. The number of allylic oxidation sites excluding steroid dienone is 2. The topological polar surface area (TPSA) is 98.1 Å². The molecule has 1 unspecified atom stereocenters. The first-order chi connectivity index (χ1) is 21.3. The molecule has 9 heteroatoms. The van der Waals surface area contributed by atoms with Crippen LogP contribution in [0.1, 0.15) is 49.3 Å². The number of carbonyl (C=O) groups excluding carboxylic acids is 2. The summed E-state index contributed by atoms with van der Waals surface area (Å²) in [7, 11) is 2.83. The number of nitrogens with zero attached hydrogens (tertiary/aromatic N) is 2. The second kappa shape index (κ2) is 14.8. The minimum Gasteiger partial charge on any atom is -0.462 e. The lowest BCUT2D eigenvalue weighted by Crippen LogP contribution is -2.47. The number of hydroxylamine groups is 2. The summed E-state index contributed by atoms with van der Waals surface area (Å²) < 4.78 is 17.6. The van der Waals surface area contributed by atoms with Gasteiger partial charge >= 0.3 is 11.9 Å². The number of rotatable bonds is 12. The van der Waals surface area contributed by atoms with E-state index in [0.717, 1.165) is 11.1 Å². The fourth-order valence-corrected chi connectivity index (χ4v) is 5.95. The van der Waals surface area contributed by atoms with Gasteiger partial charge in [-0.15, -0.1) is 0 Å². The van der Waals surface area contributed by atoms with E-state index in [0.29, 0.717) is 28.4 Å². The zero-order valence-corrected chi connectivity index (χ0v) is 26.0. The van der Waals surface area contributed by atoms with Gasteiger partial charge in [0.15, 0.2) is 5.60 Å². The third-order valence-electron chi connectivity index (χ3n) is 7.66. The first kappa shape index (κ1) is 32.5. The van der Waals surface area contributed by atoms with Crippen molar-refractivity contribution in [3.63, 3.8) is 0 Å². The van der Waals surface area contributed by atoms with E-state index in [1.165, 1.54) is 19.3 Å². The molecule has 3 aromatic carbocycles. The molecule has 0 aromatic heterocycles. The van der Waals surface area contributed by atoms with E-state index in [4.69, 9.17) is 35.9 Å². The molecule has 44 heavy (non-hydrogen) atoms. The maximum absolute atomic E-state index is 14.2. The Morgan fingerprint density at radius 3 is 1.86 bits per heavy atom. The van der Waals surface area contributed by atoms with Crippen molar-refractivity contribution in [3.8, 4) is 6.07 Å². The molecule has 1 heterocycles. The molecule has 0 N–H and O–H groups in total. The van der Waals surface area contributed by atoms with E-state index in [-0.39, 0.29) is 36.7 Å². The molecular weight excluding hydrogens is 580 g/mol. The Kier molecular flexibility index (Phi) is 11.0. The highest BCUT2D eigenvalue weighted by atomic mass is 35.5. The Bertz CT molecular complexity index is 1540. The zero-order valence-electron chi connectivity index (χ0n) is 25.2. The number of hydrogen-bond donors (Lipinski definition) is 0. The lowest BCUT2D eigenvalue weighted by molar-refractivity contribution is -0.149. The lowest BCUT2D eigenvalue weighted by atomic mass is 9.75. The van der Waals surface area contributed by atoms with Crippen LogP contribution in [0.5, 0.6) is 0 Å². The number of benzene rings is 3.